The summed E-state index contributed by atoms with van der Waals surface area (Å²) in [6.07, 6.45) is 8.50. The summed E-state index contributed by atoms with van der Waals surface area (Å²) in [6, 6.07) is 7.38. The zero-order valence-corrected chi connectivity index (χ0v) is 11.9. The van der Waals surface area contributed by atoms with E-state index in [1.54, 1.807) is 12.1 Å². The number of rotatable bonds is 2. The number of carbonyl (C=O) groups is 1. The van der Waals surface area contributed by atoms with Gasteiger partial charge < -0.3 is 10.6 Å². The van der Waals surface area contributed by atoms with E-state index >= 15 is 0 Å². The van der Waals surface area contributed by atoms with Crippen LogP contribution in [-0.4, -0.2) is 12.1 Å². The SMILES string of the molecule is O=C(Nc1cccc(Cl)c1)NC1CCCCCCC1. The van der Waals surface area contributed by atoms with Crippen LogP contribution in [0.1, 0.15) is 44.9 Å². The molecule has 0 spiro atoms. The molecule has 0 aliphatic heterocycles. The Labute approximate surface area is 119 Å². The van der Waals surface area contributed by atoms with E-state index in [1.165, 1.54) is 32.1 Å². The maximum atomic E-state index is 11.9. The minimum atomic E-state index is -0.132. The van der Waals surface area contributed by atoms with Gasteiger partial charge in [0.05, 0.1) is 0 Å². The van der Waals surface area contributed by atoms with Crippen molar-refractivity contribution in [2.45, 2.75) is 51.0 Å². The first-order valence-electron chi connectivity index (χ1n) is 7.07. The smallest absolute Gasteiger partial charge is 0.319 e. The Morgan fingerprint density at radius 1 is 1.11 bits per heavy atom. The molecule has 0 heterocycles. The lowest BCUT2D eigenvalue weighted by Crippen LogP contribution is -2.38. The van der Waals surface area contributed by atoms with Crippen LogP contribution >= 0.6 is 11.6 Å². The number of anilines is 1. The number of amides is 2. The van der Waals surface area contributed by atoms with Gasteiger partial charge in [-0.15, -0.1) is 0 Å². The van der Waals surface area contributed by atoms with E-state index in [0.29, 0.717) is 11.1 Å². The lowest BCUT2D eigenvalue weighted by molar-refractivity contribution is 0.245. The van der Waals surface area contributed by atoms with Crippen LogP contribution in [0.25, 0.3) is 0 Å². The number of halogens is 1. The number of hydrogen-bond donors (Lipinski definition) is 2. The molecule has 0 unspecified atom stereocenters. The third-order valence-corrected chi connectivity index (χ3v) is 3.76. The highest BCUT2D eigenvalue weighted by Crippen LogP contribution is 2.18. The van der Waals surface area contributed by atoms with Crippen molar-refractivity contribution in [3.05, 3.63) is 29.3 Å². The van der Waals surface area contributed by atoms with Crippen molar-refractivity contribution in [3.8, 4) is 0 Å². The zero-order chi connectivity index (χ0) is 13.5. The highest BCUT2D eigenvalue weighted by Gasteiger charge is 2.13. The van der Waals surface area contributed by atoms with Crippen molar-refractivity contribution in [1.82, 2.24) is 5.32 Å². The largest absolute Gasteiger partial charge is 0.335 e. The van der Waals surface area contributed by atoms with E-state index in [-0.39, 0.29) is 6.03 Å². The van der Waals surface area contributed by atoms with E-state index in [2.05, 4.69) is 10.6 Å². The van der Waals surface area contributed by atoms with Crippen LogP contribution < -0.4 is 10.6 Å². The molecule has 2 N–H and O–H groups in total. The van der Waals surface area contributed by atoms with Crippen molar-refractivity contribution < 1.29 is 4.79 Å². The van der Waals surface area contributed by atoms with Gasteiger partial charge in [0.15, 0.2) is 0 Å². The van der Waals surface area contributed by atoms with Crippen molar-refractivity contribution in [3.63, 3.8) is 0 Å². The molecular formula is C15H21ClN2O. The van der Waals surface area contributed by atoms with E-state index in [4.69, 9.17) is 11.6 Å². The van der Waals surface area contributed by atoms with Crippen LogP contribution in [0.4, 0.5) is 10.5 Å². The molecule has 0 bridgehead atoms. The molecule has 1 aliphatic carbocycles. The minimum Gasteiger partial charge on any atom is -0.335 e. The lowest BCUT2D eigenvalue weighted by Gasteiger charge is -2.21. The Kier molecular flexibility index (Phi) is 5.52. The topological polar surface area (TPSA) is 41.1 Å². The van der Waals surface area contributed by atoms with Gasteiger partial charge in [0, 0.05) is 16.8 Å². The van der Waals surface area contributed by atoms with Crippen LogP contribution in [0.3, 0.4) is 0 Å². The molecule has 0 atom stereocenters. The van der Waals surface area contributed by atoms with Gasteiger partial charge in [-0.3, -0.25) is 0 Å². The molecule has 4 heteroatoms. The monoisotopic (exact) mass is 280 g/mol. The van der Waals surface area contributed by atoms with Gasteiger partial charge in [0.1, 0.15) is 0 Å². The van der Waals surface area contributed by atoms with Crippen LogP contribution in [0, 0.1) is 0 Å². The fourth-order valence-electron chi connectivity index (χ4n) is 2.52. The molecule has 1 aliphatic rings. The van der Waals surface area contributed by atoms with Crippen LogP contribution in [0.2, 0.25) is 5.02 Å². The van der Waals surface area contributed by atoms with Crippen molar-refractivity contribution in [2.75, 3.05) is 5.32 Å². The fraction of sp³-hybridized carbons (Fsp3) is 0.533. The number of urea groups is 1. The van der Waals surface area contributed by atoms with E-state index in [9.17, 15) is 4.79 Å². The number of hydrogen-bond acceptors (Lipinski definition) is 1. The second-order valence-electron chi connectivity index (χ2n) is 5.15. The van der Waals surface area contributed by atoms with Gasteiger partial charge in [-0.1, -0.05) is 49.8 Å². The average molecular weight is 281 g/mol. The van der Waals surface area contributed by atoms with Gasteiger partial charge >= 0.3 is 6.03 Å². The summed E-state index contributed by atoms with van der Waals surface area (Å²) in [4.78, 5) is 11.9. The third-order valence-electron chi connectivity index (χ3n) is 3.52. The van der Waals surface area contributed by atoms with Crippen LogP contribution in [0.15, 0.2) is 24.3 Å². The van der Waals surface area contributed by atoms with Crippen LogP contribution in [0.5, 0.6) is 0 Å². The predicted molar refractivity (Wildman–Crippen MR) is 79.7 cm³/mol. The quantitative estimate of drug-likeness (QED) is 0.818. The molecule has 3 nitrogen and oxygen atoms in total. The molecule has 2 rings (SSSR count). The van der Waals surface area contributed by atoms with Gasteiger partial charge in [0.25, 0.3) is 0 Å². The molecule has 1 fully saturated rings. The van der Waals surface area contributed by atoms with Gasteiger partial charge in [0.2, 0.25) is 0 Å². The molecule has 0 radical (unpaired) electrons. The summed E-state index contributed by atoms with van der Waals surface area (Å²) >= 11 is 5.89. The molecule has 1 saturated carbocycles. The highest BCUT2D eigenvalue weighted by molar-refractivity contribution is 6.30. The lowest BCUT2D eigenvalue weighted by atomic mass is 9.97. The van der Waals surface area contributed by atoms with E-state index in [1.807, 2.05) is 12.1 Å². The second kappa shape index (κ2) is 7.39. The Balaban J connectivity index is 1.82. The zero-order valence-electron chi connectivity index (χ0n) is 11.1. The molecule has 1 aromatic rings. The van der Waals surface area contributed by atoms with E-state index in [0.717, 1.165) is 18.5 Å². The summed E-state index contributed by atoms with van der Waals surface area (Å²) in [7, 11) is 0. The summed E-state index contributed by atoms with van der Waals surface area (Å²) in [5.74, 6) is 0. The molecule has 19 heavy (non-hydrogen) atoms. The standard InChI is InChI=1S/C15H21ClN2O/c16-12-7-6-10-14(11-12)18-15(19)17-13-8-4-2-1-3-5-9-13/h6-7,10-11,13H,1-5,8-9H2,(H2,17,18,19). The summed E-state index contributed by atoms with van der Waals surface area (Å²) in [6.45, 7) is 0. The van der Waals surface area contributed by atoms with Gasteiger partial charge in [-0.25, -0.2) is 4.79 Å². The first-order chi connectivity index (χ1) is 9.24. The predicted octanol–water partition coefficient (Wildman–Crippen LogP) is 4.57. The van der Waals surface area contributed by atoms with Gasteiger partial charge in [-0.2, -0.15) is 0 Å². The second-order valence-corrected chi connectivity index (χ2v) is 5.59. The maximum absolute atomic E-state index is 11.9. The number of nitrogens with one attached hydrogen (secondary N) is 2. The van der Waals surface area contributed by atoms with Gasteiger partial charge in [-0.05, 0) is 31.0 Å². The fourth-order valence-corrected chi connectivity index (χ4v) is 2.71. The Bertz CT molecular complexity index is 414. The Hall–Kier alpha value is -1.22. The molecule has 0 saturated heterocycles. The normalized spacial score (nSPS) is 17.3. The Morgan fingerprint density at radius 3 is 2.47 bits per heavy atom. The van der Waals surface area contributed by atoms with Crippen molar-refractivity contribution in [2.24, 2.45) is 0 Å². The summed E-state index contributed by atoms with van der Waals surface area (Å²) in [5, 5.41) is 6.52. The number of benzene rings is 1. The minimum absolute atomic E-state index is 0.132. The third kappa shape index (κ3) is 5.11. The summed E-state index contributed by atoms with van der Waals surface area (Å²) in [5.41, 5.74) is 0.732. The van der Waals surface area contributed by atoms with E-state index < -0.39 is 0 Å². The molecular weight excluding hydrogens is 260 g/mol. The number of carbonyl (C=O) groups excluding carboxylic acids is 1. The molecule has 104 valence electrons. The first-order valence-corrected chi connectivity index (χ1v) is 7.45. The molecule has 2 amide bonds. The summed E-state index contributed by atoms with van der Waals surface area (Å²) < 4.78 is 0. The van der Waals surface area contributed by atoms with Crippen LogP contribution in [-0.2, 0) is 0 Å². The maximum Gasteiger partial charge on any atom is 0.319 e. The first kappa shape index (κ1) is 14.2. The molecule has 1 aromatic carbocycles. The van der Waals surface area contributed by atoms with Crippen molar-refractivity contribution in [1.29, 1.82) is 0 Å². The van der Waals surface area contributed by atoms with Crippen molar-refractivity contribution >= 4 is 23.3 Å². The highest BCUT2D eigenvalue weighted by atomic mass is 35.5. The molecule has 0 aromatic heterocycles. The average Bonchev–Trinajstić information content (AvgIpc) is 2.32. The Morgan fingerprint density at radius 2 is 1.79 bits per heavy atom.